The Balaban J connectivity index is 2.08. The summed E-state index contributed by atoms with van der Waals surface area (Å²) in [6, 6.07) is 1.33. The molecular formula is C22H40N2O6Si2. The highest BCUT2D eigenvalue weighted by Crippen LogP contribution is 2.47. The fourth-order valence-corrected chi connectivity index (χ4v) is 5.94. The predicted molar refractivity (Wildman–Crippen MR) is 129 cm³/mol. The monoisotopic (exact) mass is 484 g/mol. The number of ether oxygens (including phenoxy) is 2. The van der Waals surface area contributed by atoms with E-state index < -0.39 is 40.2 Å². The van der Waals surface area contributed by atoms with Crippen molar-refractivity contribution in [2.24, 2.45) is 0 Å². The van der Waals surface area contributed by atoms with Gasteiger partial charge >= 0.3 is 5.69 Å². The van der Waals surface area contributed by atoms with Gasteiger partial charge in [-0.15, -0.1) is 0 Å². The molecule has 0 aromatic carbocycles. The van der Waals surface area contributed by atoms with Crippen LogP contribution in [-0.4, -0.2) is 57.2 Å². The molecule has 1 N–H and O–H groups in total. The largest absolute Gasteiger partial charge is 0.408 e. The molecular weight excluding hydrogens is 444 g/mol. The van der Waals surface area contributed by atoms with Gasteiger partial charge in [0.2, 0.25) is 0 Å². The van der Waals surface area contributed by atoms with Gasteiger partial charge in [0.05, 0.1) is 6.61 Å². The first kappa shape index (κ1) is 25.6. The Morgan fingerprint density at radius 3 is 1.91 bits per heavy atom. The van der Waals surface area contributed by atoms with Crippen molar-refractivity contribution < 1.29 is 18.3 Å². The van der Waals surface area contributed by atoms with Crippen molar-refractivity contribution in [2.75, 3.05) is 6.61 Å². The molecule has 3 rings (SSSR count). The molecule has 2 fully saturated rings. The highest BCUT2D eigenvalue weighted by molar-refractivity contribution is 6.74. The Labute approximate surface area is 192 Å². The summed E-state index contributed by atoms with van der Waals surface area (Å²) in [5.41, 5.74) is -0.961. The molecule has 0 radical (unpaired) electrons. The van der Waals surface area contributed by atoms with Crippen LogP contribution < -0.4 is 11.2 Å². The number of aromatic amines is 1. The lowest BCUT2D eigenvalue weighted by Crippen LogP contribution is -2.54. The topological polar surface area (TPSA) is 95.1 Å². The van der Waals surface area contributed by atoms with Crippen molar-refractivity contribution in [1.82, 2.24) is 9.55 Å². The van der Waals surface area contributed by atoms with E-state index >= 15 is 0 Å². The first-order valence-electron chi connectivity index (χ1n) is 11.4. The Bertz CT molecular complexity index is 939. The van der Waals surface area contributed by atoms with Gasteiger partial charge < -0.3 is 18.3 Å². The van der Waals surface area contributed by atoms with Crippen LogP contribution in [0.25, 0.3) is 0 Å². The Morgan fingerprint density at radius 1 is 0.969 bits per heavy atom. The SMILES string of the molecule is CC(C)(C)[Si](C)(C)O[C@@H]1[C@H](O[Si](C)(C)C(C)(C)C)C(C2CO2)O[C@H]1n1ccc(=O)[nH]c1=O. The van der Waals surface area contributed by atoms with Crippen LogP contribution in [0.3, 0.4) is 0 Å². The minimum atomic E-state index is -2.25. The van der Waals surface area contributed by atoms with E-state index in [9.17, 15) is 9.59 Å². The molecule has 0 aliphatic carbocycles. The molecule has 0 saturated carbocycles. The molecule has 1 aromatic rings. The van der Waals surface area contributed by atoms with E-state index in [0.717, 1.165) is 0 Å². The van der Waals surface area contributed by atoms with Gasteiger partial charge in [-0.05, 0) is 36.3 Å². The van der Waals surface area contributed by atoms with Crippen LogP contribution >= 0.6 is 0 Å². The van der Waals surface area contributed by atoms with E-state index in [-0.39, 0.29) is 28.4 Å². The molecule has 1 aromatic heterocycles. The van der Waals surface area contributed by atoms with E-state index in [1.807, 2.05) is 0 Å². The number of nitrogens with zero attached hydrogens (tertiary/aromatic N) is 1. The molecule has 182 valence electrons. The molecule has 2 unspecified atom stereocenters. The van der Waals surface area contributed by atoms with Crippen molar-refractivity contribution in [1.29, 1.82) is 0 Å². The minimum absolute atomic E-state index is 0.00358. The third kappa shape index (κ3) is 5.05. The maximum absolute atomic E-state index is 12.7. The summed E-state index contributed by atoms with van der Waals surface area (Å²) in [6.07, 6.45) is -0.532. The first-order valence-corrected chi connectivity index (χ1v) is 17.2. The van der Waals surface area contributed by atoms with Gasteiger partial charge in [-0.2, -0.15) is 0 Å². The van der Waals surface area contributed by atoms with Crippen LogP contribution in [0.4, 0.5) is 0 Å². The standard InChI is InChI=1S/C22H40N2O6Si2/c1-21(2,3)31(7,8)29-17-16(14-13-27-14)28-19(24-12-11-15(25)23-20(24)26)18(17)30-32(9,10)22(4,5)6/h11-12,14,16-19H,13H2,1-10H3,(H,23,25,26)/t14?,16?,17-,18-,19-/m1/s1. The molecule has 10 heteroatoms. The van der Waals surface area contributed by atoms with Crippen LogP contribution in [0.2, 0.25) is 36.3 Å². The second kappa shape index (κ2) is 8.32. The van der Waals surface area contributed by atoms with Gasteiger partial charge in [-0.1, -0.05) is 41.5 Å². The normalized spacial score (nSPS) is 29.4. The summed E-state index contributed by atoms with van der Waals surface area (Å²) >= 11 is 0. The van der Waals surface area contributed by atoms with Crippen LogP contribution in [0.1, 0.15) is 47.8 Å². The molecule has 0 bridgehead atoms. The summed E-state index contributed by atoms with van der Waals surface area (Å²) in [6.45, 7) is 22.5. The van der Waals surface area contributed by atoms with Gasteiger partial charge in [0, 0.05) is 12.3 Å². The Hall–Kier alpha value is -1.05. The molecule has 2 aliphatic rings. The number of aromatic nitrogens is 2. The van der Waals surface area contributed by atoms with Gasteiger partial charge in [0.25, 0.3) is 5.56 Å². The average molecular weight is 485 g/mol. The predicted octanol–water partition coefficient (Wildman–Crippen LogP) is 3.61. The number of nitrogens with one attached hydrogen (secondary N) is 1. The highest BCUT2D eigenvalue weighted by atomic mass is 28.4. The first-order chi connectivity index (χ1) is 14.4. The van der Waals surface area contributed by atoms with Crippen LogP contribution in [0, 0.1) is 0 Å². The summed E-state index contributed by atoms with van der Waals surface area (Å²) in [7, 11) is -4.44. The summed E-state index contributed by atoms with van der Waals surface area (Å²) in [5.74, 6) is 0. The van der Waals surface area contributed by atoms with Crippen LogP contribution in [0.5, 0.6) is 0 Å². The maximum Gasteiger partial charge on any atom is 0.330 e. The van der Waals surface area contributed by atoms with Gasteiger partial charge in [0.1, 0.15) is 24.4 Å². The third-order valence-electron chi connectivity index (χ3n) is 7.55. The fraction of sp³-hybridized carbons (Fsp3) is 0.818. The average Bonchev–Trinajstić information content (AvgIpc) is 3.39. The maximum atomic E-state index is 12.7. The molecule has 3 heterocycles. The van der Waals surface area contributed by atoms with Crippen LogP contribution in [0.15, 0.2) is 21.9 Å². The van der Waals surface area contributed by atoms with Crippen molar-refractivity contribution in [3.8, 4) is 0 Å². The van der Waals surface area contributed by atoms with Crippen molar-refractivity contribution in [2.45, 2.75) is 108 Å². The zero-order valence-corrected chi connectivity index (χ0v) is 23.1. The molecule has 0 spiro atoms. The molecule has 5 atom stereocenters. The lowest BCUT2D eigenvalue weighted by Gasteiger charge is -2.44. The zero-order chi connectivity index (χ0) is 24.3. The summed E-state index contributed by atoms with van der Waals surface area (Å²) < 4.78 is 27.3. The highest BCUT2D eigenvalue weighted by Gasteiger charge is 2.58. The Kier molecular flexibility index (Phi) is 6.65. The number of H-pyrrole nitrogens is 1. The quantitative estimate of drug-likeness (QED) is 0.489. The van der Waals surface area contributed by atoms with Gasteiger partial charge in [-0.3, -0.25) is 14.3 Å². The zero-order valence-electron chi connectivity index (χ0n) is 21.1. The van der Waals surface area contributed by atoms with E-state index in [4.69, 9.17) is 18.3 Å². The number of rotatable bonds is 6. The van der Waals surface area contributed by atoms with E-state index in [1.165, 1.54) is 16.8 Å². The van der Waals surface area contributed by atoms with Crippen LogP contribution in [-0.2, 0) is 18.3 Å². The Morgan fingerprint density at radius 2 is 1.47 bits per heavy atom. The lowest BCUT2D eigenvalue weighted by molar-refractivity contribution is -0.0442. The fourth-order valence-electron chi connectivity index (χ4n) is 3.35. The second-order valence-corrected chi connectivity index (χ2v) is 21.6. The van der Waals surface area contributed by atoms with Crippen molar-refractivity contribution in [3.05, 3.63) is 33.1 Å². The summed E-state index contributed by atoms with van der Waals surface area (Å²) in [5, 5.41) is -0.0421. The molecule has 8 nitrogen and oxygen atoms in total. The number of epoxide rings is 1. The lowest BCUT2D eigenvalue weighted by atomic mass is 10.1. The van der Waals surface area contributed by atoms with Crippen molar-refractivity contribution in [3.63, 3.8) is 0 Å². The summed E-state index contributed by atoms with van der Waals surface area (Å²) in [4.78, 5) is 26.7. The minimum Gasteiger partial charge on any atom is -0.408 e. The van der Waals surface area contributed by atoms with Gasteiger partial charge in [-0.25, -0.2) is 4.79 Å². The van der Waals surface area contributed by atoms with Gasteiger partial charge in [0.15, 0.2) is 22.9 Å². The molecule has 32 heavy (non-hydrogen) atoms. The van der Waals surface area contributed by atoms with Crippen molar-refractivity contribution >= 4 is 16.6 Å². The molecule has 0 amide bonds. The second-order valence-electron chi connectivity index (χ2n) is 12.1. The molecule has 2 aliphatic heterocycles. The van der Waals surface area contributed by atoms with E-state index in [1.54, 1.807) is 0 Å². The van der Waals surface area contributed by atoms with E-state index in [2.05, 4.69) is 72.7 Å². The van der Waals surface area contributed by atoms with E-state index in [0.29, 0.717) is 6.61 Å². The number of hydrogen-bond acceptors (Lipinski definition) is 6. The third-order valence-corrected chi connectivity index (χ3v) is 16.5. The smallest absolute Gasteiger partial charge is 0.330 e. The number of hydrogen-bond donors (Lipinski definition) is 1. The molecule has 2 saturated heterocycles.